The summed E-state index contributed by atoms with van der Waals surface area (Å²) in [5, 5.41) is 2.60. The zero-order valence-electron chi connectivity index (χ0n) is 13.0. The molecular formula is C13H16Cl2N2O6S2. The standard InChI is InChI=1S/C13H16Cl2N2O6S2/c1-2-23-13(18)16-11-6-24(19,20)7-12(11)17-25(21,22)8-3-4-9(14)10(15)5-8/h3-5,11-12,17H,2,6-7H2,1H3,(H,16,18)/t11-,12-/m0/s1. The molecule has 1 aromatic carbocycles. The highest BCUT2D eigenvalue weighted by atomic mass is 35.5. The van der Waals surface area contributed by atoms with Gasteiger partial charge in [0.1, 0.15) is 0 Å². The van der Waals surface area contributed by atoms with Crippen LogP contribution in [0.1, 0.15) is 6.92 Å². The zero-order chi connectivity index (χ0) is 18.8. The van der Waals surface area contributed by atoms with Gasteiger partial charge in [-0.15, -0.1) is 0 Å². The fourth-order valence-corrected chi connectivity index (χ4v) is 5.97. The van der Waals surface area contributed by atoms with Gasteiger partial charge in [0.25, 0.3) is 0 Å². The van der Waals surface area contributed by atoms with Crippen molar-refractivity contribution in [3.8, 4) is 0 Å². The van der Waals surface area contributed by atoms with Crippen molar-refractivity contribution in [3.05, 3.63) is 28.2 Å². The van der Waals surface area contributed by atoms with Crippen LogP contribution in [0, 0.1) is 0 Å². The molecule has 0 aromatic heterocycles. The SMILES string of the molecule is CCOC(=O)N[C@H]1CS(=O)(=O)C[C@@H]1NS(=O)(=O)c1ccc(Cl)c(Cl)c1. The Labute approximate surface area is 155 Å². The second-order valence-corrected chi connectivity index (χ2v) is 10.0. The van der Waals surface area contributed by atoms with Crippen molar-refractivity contribution in [1.82, 2.24) is 10.0 Å². The molecule has 1 aromatic rings. The van der Waals surface area contributed by atoms with Crippen LogP contribution >= 0.6 is 23.2 Å². The summed E-state index contributed by atoms with van der Waals surface area (Å²) in [4.78, 5) is 11.4. The summed E-state index contributed by atoms with van der Waals surface area (Å²) >= 11 is 11.6. The summed E-state index contributed by atoms with van der Waals surface area (Å²) in [6, 6.07) is 1.74. The van der Waals surface area contributed by atoms with Crippen LogP contribution in [-0.2, 0) is 24.6 Å². The molecule has 25 heavy (non-hydrogen) atoms. The van der Waals surface area contributed by atoms with Crippen molar-refractivity contribution >= 4 is 49.2 Å². The molecule has 1 saturated heterocycles. The number of benzene rings is 1. The molecule has 2 atom stereocenters. The van der Waals surface area contributed by atoms with Crippen LogP contribution < -0.4 is 10.0 Å². The highest BCUT2D eigenvalue weighted by molar-refractivity contribution is 7.92. The Bertz CT molecular complexity index is 873. The average Bonchev–Trinajstić information content (AvgIpc) is 2.75. The molecule has 0 spiro atoms. The topological polar surface area (TPSA) is 119 Å². The van der Waals surface area contributed by atoms with E-state index in [0.717, 1.165) is 6.07 Å². The molecule has 0 saturated carbocycles. The Kier molecular flexibility index (Phi) is 6.21. The number of amides is 1. The van der Waals surface area contributed by atoms with E-state index in [-0.39, 0.29) is 27.3 Å². The molecule has 1 aliphatic rings. The highest BCUT2D eigenvalue weighted by Crippen LogP contribution is 2.25. The van der Waals surface area contributed by atoms with Gasteiger partial charge in [0.15, 0.2) is 9.84 Å². The van der Waals surface area contributed by atoms with E-state index in [1.807, 2.05) is 0 Å². The monoisotopic (exact) mass is 430 g/mol. The Morgan fingerprint density at radius 1 is 1.24 bits per heavy atom. The number of alkyl carbamates (subject to hydrolysis) is 1. The fraction of sp³-hybridized carbons (Fsp3) is 0.462. The first kappa shape index (κ1) is 20.2. The summed E-state index contributed by atoms with van der Waals surface area (Å²) in [5.41, 5.74) is 0. The summed E-state index contributed by atoms with van der Waals surface area (Å²) in [5.74, 6) is -0.828. The van der Waals surface area contributed by atoms with Crippen molar-refractivity contribution in [2.24, 2.45) is 0 Å². The predicted molar refractivity (Wildman–Crippen MR) is 93.2 cm³/mol. The smallest absolute Gasteiger partial charge is 0.407 e. The van der Waals surface area contributed by atoms with E-state index >= 15 is 0 Å². The van der Waals surface area contributed by atoms with Gasteiger partial charge in [0, 0.05) is 0 Å². The third-order valence-corrected chi connectivity index (χ3v) is 7.40. The number of nitrogens with one attached hydrogen (secondary N) is 2. The number of rotatable bonds is 5. The van der Waals surface area contributed by atoms with Gasteiger partial charge in [0.05, 0.1) is 45.1 Å². The van der Waals surface area contributed by atoms with E-state index in [1.54, 1.807) is 6.92 Å². The van der Waals surface area contributed by atoms with Crippen LogP contribution in [0.3, 0.4) is 0 Å². The number of carbonyl (C=O) groups is 1. The van der Waals surface area contributed by atoms with E-state index in [4.69, 9.17) is 27.9 Å². The maximum Gasteiger partial charge on any atom is 0.407 e. The molecule has 12 heteroatoms. The van der Waals surface area contributed by atoms with E-state index in [9.17, 15) is 21.6 Å². The van der Waals surface area contributed by atoms with E-state index in [0.29, 0.717) is 0 Å². The molecule has 1 fully saturated rings. The van der Waals surface area contributed by atoms with E-state index in [1.165, 1.54) is 12.1 Å². The Morgan fingerprint density at radius 2 is 1.88 bits per heavy atom. The lowest BCUT2D eigenvalue weighted by molar-refractivity contribution is 0.148. The van der Waals surface area contributed by atoms with Crippen molar-refractivity contribution < 1.29 is 26.4 Å². The van der Waals surface area contributed by atoms with Crippen molar-refractivity contribution in [2.45, 2.75) is 23.9 Å². The minimum absolute atomic E-state index is 0.0461. The lowest BCUT2D eigenvalue weighted by Crippen LogP contribution is -2.50. The van der Waals surface area contributed by atoms with Gasteiger partial charge in [-0.1, -0.05) is 23.2 Å². The quantitative estimate of drug-likeness (QED) is 0.723. The molecule has 0 bridgehead atoms. The van der Waals surface area contributed by atoms with Crippen molar-refractivity contribution in [1.29, 1.82) is 0 Å². The summed E-state index contributed by atoms with van der Waals surface area (Å²) in [6.07, 6.45) is -0.816. The summed E-state index contributed by atoms with van der Waals surface area (Å²) in [6.45, 7) is 1.69. The molecular weight excluding hydrogens is 415 g/mol. The lowest BCUT2D eigenvalue weighted by atomic mass is 10.2. The number of sulfonamides is 1. The van der Waals surface area contributed by atoms with Gasteiger partial charge < -0.3 is 10.1 Å². The number of carbonyl (C=O) groups excluding carboxylic acids is 1. The number of hydrogen-bond donors (Lipinski definition) is 2. The van der Waals surface area contributed by atoms with Crippen LogP contribution in [0.5, 0.6) is 0 Å². The number of hydrogen-bond acceptors (Lipinski definition) is 6. The molecule has 0 radical (unpaired) electrons. The maximum absolute atomic E-state index is 12.5. The second kappa shape index (κ2) is 7.67. The first-order valence-corrected chi connectivity index (χ1v) is 11.2. The molecule has 1 amide bonds. The van der Waals surface area contributed by atoms with Gasteiger partial charge in [-0.25, -0.2) is 26.4 Å². The summed E-state index contributed by atoms with van der Waals surface area (Å²) < 4.78 is 55.6. The molecule has 2 N–H and O–H groups in total. The number of ether oxygens (including phenoxy) is 1. The van der Waals surface area contributed by atoms with Gasteiger partial charge in [-0.2, -0.15) is 0 Å². The molecule has 0 unspecified atom stereocenters. The first-order chi connectivity index (χ1) is 11.5. The fourth-order valence-electron chi connectivity index (χ4n) is 2.34. The zero-order valence-corrected chi connectivity index (χ0v) is 16.2. The van der Waals surface area contributed by atoms with Crippen LogP contribution in [0.4, 0.5) is 4.79 Å². The highest BCUT2D eigenvalue weighted by Gasteiger charge is 2.41. The third-order valence-electron chi connectivity index (χ3n) is 3.44. The van der Waals surface area contributed by atoms with Gasteiger partial charge in [0.2, 0.25) is 10.0 Å². The maximum atomic E-state index is 12.5. The molecule has 0 aliphatic carbocycles. The number of halogens is 2. The summed E-state index contributed by atoms with van der Waals surface area (Å²) in [7, 11) is -7.58. The molecule has 8 nitrogen and oxygen atoms in total. The minimum Gasteiger partial charge on any atom is -0.450 e. The van der Waals surface area contributed by atoms with Crippen LogP contribution in [0.25, 0.3) is 0 Å². The second-order valence-electron chi connectivity index (χ2n) is 5.35. The normalized spacial score (nSPS) is 22.5. The Hall–Kier alpha value is -1.07. The Morgan fingerprint density at radius 3 is 2.48 bits per heavy atom. The number of sulfone groups is 1. The van der Waals surface area contributed by atoms with Gasteiger partial charge >= 0.3 is 6.09 Å². The molecule has 2 rings (SSSR count). The molecule has 1 heterocycles. The van der Waals surface area contributed by atoms with Crippen molar-refractivity contribution in [2.75, 3.05) is 18.1 Å². The van der Waals surface area contributed by atoms with Gasteiger partial charge in [-0.3, -0.25) is 0 Å². The first-order valence-electron chi connectivity index (χ1n) is 7.15. The van der Waals surface area contributed by atoms with Crippen molar-refractivity contribution in [3.63, 3.8) is 0 Å². The van der Waals surface area contributed by atoms with Crippen LogP contribution in [-0.4, -0.2) is 53.1 Å². The molecule has 1 aliphatic heterocycles. The van der Waals surface area contributed by atoms with Crippen LogP contribution in [0.2, 0.25) is 10.0 Å². The lowest BCUT2D eigenvalue weighted by Gasteiger charge is -2.20. The third kappa shape index (κ3) is 5.20. The average molecular weight is 431 g/mol. The Balaban J connectivity index is 2.22. The largest absolute Gasteiger partial charge is 0.450 e. The minimum atomic E-state index is -4.06. The molecule has 140 valence electrons. The van der Waals surface area contributed by atoms with Gasteiger partial charge in [-0.05, 0) is 25.1 Å². The van der Waals surface area contributed by atoms with E-state index in [2.05, 4.69) is 10.0 Å². The van der Waals surface area contributed by atoms with Crippen LogP contribution in [0.15, 0.2) is 23.1 Å². The van der Waals surface area contributed by atoms with E-state index < -0.39 is 43.8 Å². The predicted octanol–water partition coefficient (Wildman–Crippen LogP) is 1.18.